The standard InChI is InChI=1S/C12H14N2OS/c15-8-9-2-5-14(7-9)12-10-3-6-16-11(10)1-4-13-12/h1,3-4,6,9,15H,2,5,7-8H2. The summed E-state index contributed by atoms with van der Waals surface area (Å²) in [5.74, 6) is 1.49. The van der Waals surface area contributed by atoms with Crippen LogP contribution in [0.2, 0.25) is 0 Å². The molecule has 0 aromatic carbocycles. The van der Waals surface area contributed by atoms with Gasteiger partial charge in [-0.3, -0.25) is 0 Å². The van der Waals surface area contributed by atoms with E-state index in [1.165, 1.54) is 10.1 Å². The van der Waals surface area contributed by atoms with Gasteiger partial charge in [-0.1, -0.05) is 0 Å². The number of rotatable bonds is 2. The third kappa shape index (κ3) is 1.58. The van der Waals surface area contributed by atoms with Gasteiger partial charge in [0.05, 0.1) is 0 Å². The van der Waals surface area contributed by atoms with E-state index in [4.69, 9.17) is 5.11 Å². The smallest absolute Gasteiger partial charge is 0.137 e. The minimum atomic E-state index is 0.288. The summed E-state index contributed by atoms with van der Waals surface area (Å²) in [4.78, 5) is 6.77. The zero-order chi connectivity index (χ0) is 11.0. The number of thiophene rings is 1. The van der Waals surface area contributed by atoms with Crippen LogP contribution < -0.4 is 4.90 Å². The van der Waals surface area contributed by atoms with Crippen molar-refractivity contribution < 1.29 is 5.11 Å². The monoisotopic (exact) mass is 234 g/mol. The van der Waals surface area contributed by atoms with Crippen LogP contribution in [-0.2, 0) is 0 Å². The van der Waals surface area contributed by atoms with Crippen LogP contribution in [0.4, 0.5) is 5.82 Å². The van der Waals surface area contributed by atoms with E-state index in [1.807, 2.05) is 6.20 Å². The SMILES string of the molecule is OCC1CCN(c2nccc3sccc23)C1. The lowest BCUT2D eigenvalue weighted by molar-refractivity contribution is 0.238. The van der Waals surface area contributed by atoms with Gasteiger partial charge in [0.25, 0.3) is 0 Å². The van der Waals surface area contributed by atoms with E-state index < -0.39 is 0 Å². The fraction of sp³-hybridized carbons (Fsp3) is 0.417. The van der Waals surface area contributed by atoms with Crippen molar-refractivity contribution in [3.05, 3.63) is 23.7 Å². The molecule has 0 aliphatic carbocycles. The Morgan fingerprint density at radius 2 is 2.44 bits per heavy atom. The fourth-order valence-electron chi connectivity index (χ4n) is 2.31. The highest BCUT2D eigenvalue weighted by molar-refractivity contribution is 7.17. The summed E-state index contributed by atoms with van der Waals surface area (Å²) in [5, 5.41) is 12.5. The number of aliphatic hydroxyl groups is 1. The summed E-state index contributed by atoms with van der Waals surface area (Å²) in [6.45, 7) is 2.22. The molecule has 3 heterocycles. The molecule has 1 aliphatic rings. The molecule has 1 atom stereocenters. The van der Waals surface area contributed by atoms with Gasteiger partial charge in [-0.05, 0) is 23.9 Å². The molecule has 3 rings (SSSR count). The number of hydrogen-bond donors (Lipinski definition) is 1. The first kappa shape index (κ1) is 10.1. The minimum Gasteiger partial charge on any atom is -0.396 e. The Labute approximate surface area is 98.3 Å². The molecule has 0 radical (unpaired) electrons. The van der Waals surface area contributed by atoms with Crippen LogP contribution >= 0.6 is 11.3 Å². The van der Waals surface area contributed by atoms with Gasteiger partial charge in [0.1, 0.15) is 5.82 Å². The highest BCUT2D eigenvalue weighted by Gasteiger charge is 2.23. The lowest BCUT2D eigenvalue weighted by Gasteiger charge is -2.17. The van der Waals surface area contributed by atoms with Crippen LogP contribution in [0.1, 0.15) is 6.42 Å². The Balaban J connectivity index is 1.97. The van der Waals surface area contributed by atoms with Crippen molar-refractivity contribution in [2.75, 3.05) is 24.6 Å². The van der Waals surface area contributed by atoms with Crippen LogP contribution in [0.3, 0.4) is 0 Å². The first-order chi connectivity index (χ1) is 7.88. The summed E-state index contributed by atoms with van der Waals surface area (Å²) in [6, 6.07) is 4.19. The van der Waals surface area contributed by atoms with E-state index >= 15 is 0 Å². The molecule has 4 heteroatoms. The van der Waals surface area contributed by atoms with Gasteiger partial charge in [-0.15, -0.1) is 11.3 Å². The molecule has 84 valence electrons. The molecule has 3 nitrogen and oxygen atoms in total. The normalized spacial score (nSPS) is 20.8. The van der Waals surface area contributed by atoms with Gasteiger partial charge >= 0.3 is 0 Å². The molecule has 0 spiro atoms. The molecule has 1 aliphatic heterocycles. The second-order valence-corrected chi connectivity index (χ2v) is 5.20. The number of nitrogens with zero attached hydrogens (tertiary/aromatic N) is 2. The molecule has 1 fully saturated rings. The van der Waals surface area contributed by atoms with E-state index in [0.29, 0.717) is 5.92 Å². The molecule has 1 saturated heterocycles. The maximum atomic E-state index is 9.16. The fourth-order valence-corrected chi connectivity index (χ4v) is 3.08. The molecular formula is C12H14N2OS. The highest BCUT2D eigenvalue weighted by atomic mass is 32.1. The number of hydrogen-bond acceptors (Lipinski definition) is 4. The number of anilines is 1. The van der Waals surface area contributed by atoms with Crippen LogP contribution in [0, 0.1) is 5.92 Å². The Morgan fingerprint density at radius 1 is 1.50 bits per heavy atom. The number of aromatic nitrogens is 1. The predicted molar refractivity (Wildman–Crippen MR) is 67.0 cm³/mol. The van der Waals surface area contributed by atoms with Gasteiger partial charge < -0.3 is 10.0 Å². The van der Waals surface area contributed by atoms with Crippen LogP contribution in [0.25, 0.3) is 10.1 Å². The van der Waals surface area contributed by atoms with Crippen molar-refractivity contribution in [2.45, 2.75) is 6.42 Å². The van der Waals surface area contributed by atoms with Crippen LogP contribution in [0.5, 0.6) is 0 Å². The van der Waals surface area contributed by atoms with Crippen molar-refractivity contribution in [1.29, 1.82) is 0 Å². The Hall–Kier alpha value is -1.13. The number of fused-ring (bicyclic) bond motifs is 1. The molecule has 2 aromatic heterocycles. The Morgan fingerprint density at radius 3 is 3.25 bits per heavy atom. The maximum Gasteiger partial charge on any atom is 0.137 e. The molecule has 0 saturated carbocycles. The van der Waals surface area contributed by atoms with Gasteiger partial charge in [-0.25, -0.2) is 4.98 Å². The quantitative estimate of drug-likeness (QED) is 0.864. The lowest BCUT2D eigenvalue weighted by atomic mass is 10.1. The molecule has 16 heavy (non-hydrogen) atoms. The van der Waals surface area contributed by atoms with Crippen molar-refractivity contribution >= 4 is 27.2 Å². The maximum absolute atomic E-state index is 9.16. The summed E-state index contributed by atoms with van der Waals surface area (Å²) in [6.07, 6.45) is 2.94. The van der Waals surface area contributed by atoms with Crippen molar-refractivity contribution in [3.8, 4) is 0 Å². The predicted octanol–water partition coefficient (Wildman–Crippen LogP) is 2.11. The molecule has 1 unspecified atom stereocenters. The van der Waals surface area contributed by atoms with E-state index in [0.717, 1.165) is 25.3 Å². The average Bonchev–Trinajstić information content (AvgIpc) is 2.97. The van der Waals surface area contributed by atoms with Crippen molar-refractivity contribution in [2.24, 2.45) is 5.92 Å². The third-order valence-electron chi connectivity index (χ3n) is 3.20. The van der Waals surface area contributed by atoms with E-state index in [2.05, 4.69) is 27.4 Å². The largest absolute Gasteiger partial charge is 0.396 e. The van der Waals surface area contributed by atoms with Crippen LogP contribution in [0.15, 0.2) is 23.7 Å². The summed E-state index contributed by atoms with van der Waals surface area (Å²) in [7, 11) is 0. The zero-order valence-corrected chi connectivity index (χ0v) is 9.78. The second-order valence-electron chi connectivity index (χ2n) is 4.25. The van der Waals surface area contributed by atoms with Gasteiger partial charge in [-0.2, -0.15) is 0 Å². The van der Waals surface area contributed by atoms with E-state index in [-0.39, 0.29) is 6.61 Å². The number of pyridine rings is 1. The Kier molecular flexibility index (Phi) is 2.53. The molecule has 0 bridgehead atoms. The van der Waals surface area contributed by atoms with Crippen molar-refractivity contribution in [3.63, 3.8) is 0 Å². The lowest BCUT2D eigenvalue weighted by Crippen LogP contribution is -2.21. The molecule has 1 N–H and O–H groups in total. The number of aliphatic hydroxyl groups excluding tert-OH is 1. The first-order valence-electron chi connectivity index (χ1n) is 5.56. The van der Waals surface area contributed by atoms with Crippen molar-refractivity contribution in [1.82, 2.24) is 4.98 Å². The third-order valence-corrected chi connectivity index (χ3v) is 4.08. The highest BCUT2D eigenvalue weighted by Crippen LogP contribution is 2.31. The first-order valence-corrected chi connectivity index (χ1v) is 6.44. The average molecular weight is 234 g/mol. The summed E-state index contributed by atoms with van der Waals surface area (Å²) >= 11 is 1.75. The molecular weight excluding hydrogens is 220 g/mol. The van der Waals surface area contributed by atoms with Gasteiger partial charge in [0, 0.05) is 41.9 Å². The minimum absolute atomic E-state index is 0.288. The topological polar surface area (TPSA) is 36.4 Å². The molecule has 0 amide bonds. The summed E-state index contributed by atoms with van der Waals surface area (Å²) < 4.78 is 1.29. The Bertz CT molecular complexity index is 496. The van der Waals surface area contributed by atoms with E-state index in [9.17, 15) is 0 Å². The van der Waals surface area contributed by atoms with Gasteiger partial charge in [0.2, 0.25) is 0 Å². The van der Waals surface area contributed by atoms with E-state index in [1.54, 1.807) is 11.3 Å². The van der Waals surface area contributed by atoms with Gasteiger partial charge in [0.15, 0.2) is 0 Å². The second kappa shape index (κ2) is 4.03. The molecule has 2 aromatic rings. The summed E-state index contributed by atoms with van der Waals surface area (Å²) in [5.41, 5.74) is 0. The van der Waals surface area contributed by atoms with Crippen LogP contribution in [-0.4, -0.2) is 29.8 Å². The zero-order valence-electron chi connectivity index (χ0n) is 8.97.